The molecule has 0 N–H and O–H groups in total. The van der Waals surface area contributed by atoms with Crippen LogP contribution in [0.5, 0.6) is 11.5 Å². The molecule has 0 bridgehead atoms. The van der Waals surface area contributed by atoms with Crippen LogP contribution in [0.4, 0.5) is 0 Å². The van der Waals surface area contributed by atoms with Crippen LogP contribution in [-0.4, -0.2) is 38.7 Å². The zero-order chi connectivity index (χ0) is 22.9. The second-order valence-corrected chi connectivity index (χ2v) is 8.44. The number of amides is 1. The first-order valence-corrected chi connectivity index (χ1v) is 11.1. The number of hydrogen-bond acceptors (Lipinski definition) is 4. The minimum atomic E-state index is -0.0321. The van der Waals surface area contributed by atoms with Crippen LogP contribution >= 0.6 is 0 Å². The molecule has 0 radical (unpaired) electrons. The fraction of sp³-hybridized carbons (Fsp3) is 0.222. The van der Waals surface area contributed by atoms with E-state index in [2.05, 4.69) is 31.5 Å². The minimum absolute atomic E-state index is 0.0321. The number of rotatable bonds is 5. The van der Waals surface area contributed by atoms with Gasteiger partial charge < -0.3 is 9.64 Å². The van der Waals surface area contributed by atoms with E-state index in [0.717, 1.165) is 45.6 Å². The lowest BCUT2D eigenvalue weighted by atomic mass is 10.1. The number of carbonyl (C=O) groups is 1. The molecule has 2 aromatic carbocycles. The summed E-state index contributed by atoms with van der Waals surface area (Å²) in [4.78, 5) is 18.2. The molecular formula is C27H26N4O2. The quantitative estimate of drug-likeness (QED) is 0.388. The largest absolute Gasteiger partial charge is 0.457 e. The highest BCUT2D eigenvalue weighted by Crippen LogP contribution is 2.34. The Morgan fingerprint density at radius 3 is 2.76 bits per heavy atom. The van der Waals surface area contributed by atoms with Crippen molar-refractivity contribution in [1.29, 1.82) is 0 Å². The number of carbonyl (C=O) groups excluding carboxylic acids is 1. The summed E-state index contributed by atoms with van der Waals surface area (Å²) >= 11 is 0. The van der Waals surface area contributed by atoms with Crippen LogP contribution in [0, 0.1) is 13.8 Å². The van der Waals surface area contributed by atoms with E-state index in [1.807, 2.05) is 58.2 Å². The van der Waals surface area contributed by atoms with E-state index in [-0.39, 0.29) is 11.9 Å². The van der Waals surface area contributed by atoms with Gasteiger partial charge in [-0.25, -0.2) is 0 Å². The summed E-state index contributed by atoms with van der Waals surface area (Å²) < 4.78 is 8.16. The van der Waals surface area contributed by atoms with Gasteiger partial charge in [0.05, 0.1) is 11.6 Å². The van der Waals surface area contributed by atoms with Crippen molar-refractivity contribution in [2.75, 3.05) is 13.1 Å². The van der Waals surface area contributed by atoms with Crippen LogP contribution in [0.25, 0.3) is 22.2 Å². The Morgan fingerprint density at radius 1 is 1.15 bits per heavy atom. The lowest BCUT2D eigenvalue weighted by Gasteiger charge is -2.15. The van der Waals surface area contributed by atoms with Crippen molar-refractivity contribution in [3.63, 3.8) is 0 Å². The van der Waals surface area contributed by atoms with Gasteiger partial charge in [-0.1, -0.05) is 18.7 Å². The molecule has 5 rings (SSSR count). The zero-order valence-corrected chi connectivity index (χ0v) is 18.9. The van der Waals surface area contributed by atoms with Gasteiger partial charge in [-0.2, -0.15) is 5.10 Å². The molecule has 6 nitrogen and oxygen atoms in total. The van der Waals surface area contributed by atoms with Crippen molar-refractivity contribution in [3.8, 4) is 22.8 Å². The number of ether oxygens (including phenoxy) is 1. The Balaban J connectivity index is 1.45. The van der Waals surface area contributed by atoms with Gasteiger partial charge in [-0.3, -0.25) is 14.5 Å². The number of likely N-dealkylation sites (tertiary alicyclic amines) is 1. The van der Waals surface area contributed by atoms with E-state index < -0.39 is 0 Å². The SMILES string of the molecule is C=CC(=O)N1CC[C@@H](n2nc(-c3ccc(Oc4cccc(C)c4C)cc3)c3cnccc32)C1. The number of fused-ring (bicyclic) bond motifs is 1. The van der Waals surface area contributed by atoms with Gasteiger partial charge in [-0.05, 0) is 73.9 Å². The molecule has 3 heterocycles. The number of pyridine rings is 1. The fourth-order valence-electron chi connectivity index (χ4n) is 4.39. The third kappa shape index (κ3) is 3.89. The van der Waals surface area contributed by atoms with E-state index >= 15 is 0 Å². The van der Waals surface area contributed by atoms with Crippen molar-refractivity contribution >= 4 is 16.8 Å². The van der Waals surface area contributed by atoms with E-state index in [1.165, 1.54) is 11.6 Å². The molecule has 0 spiro atoms. The van der Waals surface area contributed by atoms with Gasteiger partial charge in [-0.15, -0.1) is 0 Å². The van der Waals surface area contributed by atoms with Crippen molar-refractivity contribution in [1.82, 2.24) is 19.7 Å². The van der Waals surface area contributed by atoms with Gasteiger partial charge in [0.25, 0.3) is 0 Å². The predicted octanol–water partition coefficient (Wildman–Crippen LogP) is 5.47. The molecule has 0 saturated carbocycles. The maximum atomic E-state index is 12.0. The number of hydrogen-bond donors (Lipinski definition) is 0. The molecule has 0 aliphatic carbocycles. The third-order valence-electron chi connectivity index (χ3n) is 6.41. The lowest BCUT2D eigenvalue weighted by molar-refractivity contribution is -0.125. The van der Waals surface area contributed by atoms with E-state index in [9.17, 15) is 4.79 Å². The maximum absolute atomic E-state index is 12.0. The number of benzene rings is 2. The van der Waals surface area contributed by atoms with Crippen LogP contribution in [0.3, 0.4) is 0 Å². The Labute approximate surface area is 193 Å². The summed E-state index contributed by atoms with van der Waals surface area (Å²) in [5.41, 5.74) is 5.24. The highest BCUT2D eigenvalue weighted by atomic mass is 16.5. The van der Waals surface area contributed by atoms with Crippen molar-refractivity contribution < 1.29 is 9.53 Å². The molecule has 2 aromatic heterocycles. The molecular weight excluding hydrogens is 412 g/mol. The number of aromatic nitrogens is 3. The van der Waals surface area contributed by atoms with Gasteiger partial charge in [0, 0.05) is 36.4 Å². The lowest BCUT2D eigenvalue weighted by Crippen LogP contribution is -2.27. The minimum Gasteiger partial charge on any atom is -0.457 e. The molecule has 1 amide bonds. The Hall–Kier alpha value is -3.93. The molecule has 166 valence electrons. The van der Waals surface area contributed by atoms with E-state index in [1.54, 1.807) is 6.20 Å². The molecule has 1 saturated heterocycles. The van der Waals surface area contributed by atoms with Crippen LogP contribution in [0.15, 0.2) is 73.6 Å². The molecule has 1 aliphatic rings. The van der Waals surface area contributed by atoms with Crippen molar-refractivity contribution in [2.45, 2.75) is 26.3 Å². The molecule has 1 fully saturated rings. The van der Waals surface area contributed by atoms with Crippen molar-refractivity contribution in [3.05, 3.63) is 84.7 Å². The molecule has 4 aromatic rings. The Kier molecular flexibility index (Phi) is 5.42. The highest BCUT2D eigenvalue weighted by molar-refractivity contribution is 5.93. The van der Waals surface area contributed by atoms with Gasteiger partial charge in [0.2, 0.25) is 5.91 Å². The third-order valence-corrected chi connectivity index (χ3v) is 6.41. The van der Waals surface area contributed by atoms with Gasteiger partial charge >= 0.3 is 0 Å². The summed E-state index contributed by atoms with van der Waals surface area (Å²) in [5, 5.41) is 5.97. The number of aryl methyl sites for hydroxylation is 1. The molecule has 33 heavy (non-hydrogen) atoms. The van der Waals surface area contributed by atoms with E-state index in [4.69, 9.17) is 9.84 Å². The topological polar surface area (TPSA) is 60.2 Å². The van der Waals surface area contributed by atoms with Crippen LogP contribution < -0.4 is 4.74 Å². The summed E-state index contributed by atoms with van der Waals surface area (Å²) in [6, 6.07) is 16.2. The molecule has 1 aliphatic heterocycles. The molecule has 6 heteroatoms. The summed E-state index contributed by atoms with van der Waals surface area (Å²) in [7, 11) is 0. The first-order valence-electron chi connectivity index (χ1n) is 11.1. The van der Waals surface area contributed by atoms with Gasteiger partial charge in [0.1, 0.15) is 17.2 Å². The second kappa shape index (κ2) is 8.54. The Morgan fingerprint density at radius 2 is 1.97 bits per heavy atom. The predicted molar refractivity (Wildman–Crippen MR) is 129 cm³/mol. The first kappa shape index (κ1) is 20.9. The van der Waals surface area contributed by atoms with Crippen LogP contribution in [0.2, 0.25) is 0 Å². The highest BCUT2D eigenvalue weighted by Gasteiger charge is 2.28. The first-order chi connectivity index (χ1) is 16.0. The molecule has 0 unspecified atom stereocenters. The van der Waals surface area contributed by atoms with Crippen LogP contribution in [0.1, 0.15) is 23.6 Å². The van der Waals surface area contributed by atoms with Crippen molar-refractivity contribution in [2.24, 2.45) is 0 Å². The standard InChI is InChI=1S/C27H26N4O2/c1-4-26(32)30-15-13-21(17-30)31-24-12-14-28-16-23(24)27(29-31)20-8-10-22(11-9-20)33-25-7-5-6-18(2)19(25)3/h4-12,14,16,21H,1,13,15,17H2,2-3H3/t21-/m1/s1. The van der Waals surface area contributed by atoms with Crippen LogP contribution in [-0.2, 0) is 4.79 Å². The van der Waals surface area contributed by atoms with Gasteiger partial charge in [0.15, 0.2) is 0 Å². The number of nitrogens with zero attached hydrogens (tertiary/aromatic N) is 4. The average molecular weight is 439 g/mol. The summed E-state index contributed by atoms with van der Waals surface area (Å²) in [6.07, 6.45) is 5.88. The smallest absolute Gasteiger partial charge is 0.246 e. The van der Waals surface area contributed by atoms with E-state index in [0.29, 0.717) is 13.1 Å². The average Bonchev–Trinajstić information content (AvgIpc) is 3.47. The second-order valence-electron chi connectivity index (χ2n) is 8.44. The fourth-order valence-corrected chi connectivity index (χ4v) is 4.39. The Bertz CT molecular complexity index is 1340. The zero-order valence-electron chi connectivity index (χ0n) is 18.9. The molecule has 1 atom stereocenters. The monoisotopic (exact) mass is 438 g/mol. The maximum Gasteiger partial charge on any atom is 0.246 e. The summed E-state index contributed by atoms with van der Waals surface area (Å²) in [5.74, 6) is 1.61. The normalized spacial score (nSPS) is 15.7. The summed E-state index contributed by atoms with van der Waals surface area (Å²) in [6.45, 7) is 9.10.